The first-order valence-corrected chi connectivity index (χ1v) is 12.3. The summed E-state index contributed by atoms with van der Waals surface area (Å²) in [5.74, 6) is -1.60. The number of aryl methyl sites for hydroxylation is 2. The normalized spacial score (nSPS) is 17.3. The van der Waals surface area contributed by atoms with Gasteiger partial charge in [-0.1, -0.05) is 5.16 Å². The highest BCUT2D eigenvalue weighted by atomic mass is 32.2. The molecular formula is C22H29FN4O6S. The van der Waals surface area contributed by atoms with E-state index in [1.165, 1.54) is 17.3 Å². The van der Waals surface area contributed by atoms with Crippen molar-refractivity contribution >= 4 is 33.4 Å². The maximum Gasteiger partial charge on any atom is 0.412 e. The Kier molecular flexibility index (Phi) is 7.32. The molecule has 0 aliphatic carbocycles. The van der Waals surface area contributed by atoms with Crippen molar-refractivity contribution in [2.45, 2.75) is 58.0 Å². The number of carbonyl (C=O) groups excluding carboxylic acids is 2. The standard InChI is InChI=1S/C22H29FN4O6S/c1-13-19(14(2)33-26-13)34(30,31)27-10-6-7-15(12-27)20(28)24-18-11-16(23)8-9-17(18)25-21(29)32-22(3,4)5/h8-9,11,15H,6-7,10,12H2,1-5H3,(H,24,28)(H,25,29). The second kappa shape index (κ2) is 9.71. The van der Waals surface area contributed by atoms with Crippen molar-refractivity contribution in [2.24, 2.45) is 5.92 Å². The molecule has 2 aromatic rings. The molecule has 2 heterocycles. The lowest BCUT2D eigenvalue weighted by Gasteiger charge is -2.31. The number of sulfonamides is 1. The molecule has 0 radical (unpaired) electrons. The number of benzene rings is 1. The zero-order valence-electron chi connectivity index (χ0n) is 19.8. The number of hydrogen-bond donors (Lipinski definition) is 2. The average molecular weight is 497 g/mol. The van der Waals surface area contributed by atoms with Gasteiger partial charge in [0, 0.05) is 13.1 Å². The van der Waals surface area contributed by atoms with Crippen molar-refractivity contribution in [1.29, 1.82) is 0 Å². The van der Waals surface area contributed by atoms with E-state index in [2.05, 4.69) is 15.8 Å². The second-order valence-electron chi connectivity index (χ2n) is 9.16. The largest absolute Gasteiger partial charge is 0.444 e. The van der Waals surface area contributed by atoms with E-state index in [1.54, 1.807) is 27.7 Å². The van der Waals surface area contributed by atoms with E-state index in [1.807, 2.05) is 0 Å². The molecule has 1 unspecified atom stereocenters. The molecule has 0 bridgehead atoms. The van der Waals surface area contributed by atoms with E-state index in [-0.39, 0.29) is 40.8 Å². The maximum absolute atomic E-state index is 13.9. The van der Waals surface area contributed by atoms with Gasteiger partial charge in [-0.15, -0.1) is 0 Å². The van der Waals surface area contributed by atoms with Crippen molar-refractivity contribution in [3.8, 4) is 0 Å². The Balaban J connectivity index is 1.76. The quantitative estimate of drug-likeness (QED) is 0.643. The summed E-state index contributed by atoms with van der Waals surface area (Å²) in [6.45, 7) is 8.36. The van der Waals surface area contributed by atoms with Gasteiger partial charge in [0.25, 0.3) is 0 Å². The van der Waals surface area contributed by atoms with Gasteiger partial charge in [-0.3, -0.25) is 10.1 Å². The number of halogens is 1. The van der Waals surface area contributed by atoms with E-state index in [0.717, 1.165) is 12.1 Å². The van der Waals surface area contributed by atoms with Gasteiger partial charge in [-0.25, -0.2) is 17.6 Å². The minimum Gasteiger partial charge on any atom is -0.444 e. The van der Waals surface area contributed by atoms with Crippen LogP contribution in [-0.2, 0) is 19.6 Å². The average Bonchev–Trinajstić information content (AvgIpc) is 3.07. The SMILES string of the molecule is Cc1noc(C)c1S(=O)(=O)N1CCCC(C(=O)Nc2cc(F)ccc2NC(=O)OC(C)(C)C)C1. The van der Waals surface area contributed by atoms with Crippen LogP contribution in [0.25, 0.3) is 0 Å². The van der Waals surface area contributed by atoms with Crippen molar-refractivity contribution in [3.05, 3.63) is 35.5 Å². The summed E-state index contributed by atoms with van der Waals surface area (Å²) in [6.07, 6.45) is 0.153. The molecule has 1 atom stereocenters. The Morgan fingerprint density at radius 3 is 2.53 bits per heavy atom. The van der Waals surface area contributed by atoms with Gasteiger partial charge < -0.3 is 14.6 Å². The third kappa shape index (κ3) is 5.92. The molecule has 1 aromatic heterocycles. The Hall–Kier alpha value is -2.99. The van der Waals surface area contributed by atoms with Crippen LogP contribution < -0.4 is 10.6 Å². The highest BCUT2D eigenvalue weighted by Crippen LogP contribution is 2.29. The molecule has 0 saturated carbocycles. The molecule has 1 aromatic carbocycles. The van der Waals surface area contributed by atoms with Crippen molar-refractivity contribution in [2.75, 3.05) is 23.7 Å². The third-order valence-corrected chi connectivity index (χ3v) is 7.31. The monoisotopic (exact) mass is 496 g/mol. The van der Waals surface area contributed by atoms with Crippen molar-refractivity contribution in [1.82, 2.24) is 9.46 Å². The lowest BCUT2D eigenvalue weighted by Crippen LogP contribution is -2.44. The van der Waals surface area contributed by atoms with Crippen LogP contribution in [0.2, 0.25) is 0 Å². The number of ether oxygens (including phenoxy) is 1. The predicted octanol–water partition coefficient (Wildman–Crippen LogP) is 3.82. The van der Waals surface area contributed by atoms with E-state index >= 15 is 0 Å². The van der Waals surface area contributed by atoms with Crippen LogP contribution in [0.1, 0.15) is 45.1 Å². The number of piperidine rings is 1. The lowest BCUT2D eigenvalue weighted by atomic mass is 9.98. The molecule has 2 amide bonds. The first-order chi connectivity index (χ1) is 15.8. The number of nitrogens with zero attached hydrogens (tertiary/aromatic N) is 2. The summed E-state index contributed by atoms with van der Waals surface area (Å²) in [4.78, 5) is 25.2. The van der Waals surface area contributed by atoms with Gasteiger partial charge in [0.15, 0.2) is 5.76 Å². The van der Waals surface area contributed by atoms with Gasteiger partial charge in [0.1, 0.15) is 22.0 Å². The maximum atomic E-state index is 13.9. The minimum atomic E-state index is -3.90. The highest BCUT2D eigenvalue weighted by molar-refractivity contribution is 7.89. The zero-order chi connectivity index (χ0) is 25.3. The molecule has 1 fully saturated rings. The van der Waals surface area contributed by atoms with Gasteiger partial charge in [0.2, 0.25) is 15.9 Å². The molecule has 34 heavy (non-hydrogen) atoms. The first-order valence-electron chi connectivity index (χ1n) is 10.8. The summed E-state index contributed by atoms with van der Waals surface area (Å²) >= 11 is 0. The van der Waals surface area contributed by atoms with Crippen LogP contribution in [-0.4, -0.2) is 48.6 Å². The van der Waals surface area contributed by atoms with Gasteiger partial charge >= 0.3 is 6.09 Å². The summed E-state index contributed by atoms with van der Waals surface area (Å²) in [7, 11) is -3.90. The molecule has 1 saturated heterocycles. The Morgan fingerprint density at radius 2 is 1.91 bits per heavy atom. The van der Waals surface area contributed by atoms with Gasteiger partial charge in [-0.2, -0.15) is 4.31 Å². The van der Waals surface area contributed by atoms with Crippen LogP contribution >= 0.6 is 0 Å². The molecular weight excluding hydrogens is 467 g/mol. The first kappa shape index (κ1) is 25.6. The fourth-order valence-electron chi connectivity index (χ4n) is 3.72. The van der Waals surface area contributed by atoms with Crippen LogP contribution in [0, 0.1) is 25.6 Å². The van der Waals surface area contributed by atoms with Gasteiger partial charge in [0.05, 0.1) is 17.3 Å². The molecule has 1 aliphatic rings. The number of carbonyl (C=O) groups is 2. The topological polar surface area (TPSA) is 131 Å². The van der Waals surface area contributed by atoms with Crippen molar-refractivity contribution in [3.63, 3.8) is 0 Å². The number of amides is 2. The molecule has 1 aliphatic heterocycles. The number of rotatable bonds is 5. The number of anilines is 2. The molecule has 186 valence electrons. The van der Waals surface area contributed by atoms with Crippen LogP contribution in [0.4, 0.5) is 20.6 Å². The fraction of sp³-hybridized carbons (Fsp3) is 0.500. The smallest absolute Gasteiger partial charge is 0.412 e. The Labute approximate surface area is 197 Å². The lowest BCUT2D eigenvalue weighted by molar-refractivity contribution is -0.120. The molecule has 0 spiro atoms. The number of hydrogen-bond acceptors (Lipinski definition) is 7. The Bertz CT molecular complexity index is 1170. The summed E-state index contributed by atoms with van der Waals surface area (Å²) < 4.78 is 51.6. The zero-order valence-corrected chi connectivity index (χ0v) is 20.6. The summed E-state index contributed by atoms with van der Waals surface area (Å²) in [5, 5.41) is 8.83. The molecule has 12 heteroatoms. The highest BCUT2D eigenvalue weighted by Gasteiger charge is 2.36. The van der Waals surface area contributed by atoms with Crippen LogP contribution in [0.3, 0.4) is 0 Å². The predicted molar refractivity (Wildman–Crippen MR) is 122 cm³/mol. The van der Waals surface area contributed by atoms with E-state index in [9.17, 15) is 22.4 Å². The second-order valence-corrected chi connectivity index (χ2v) is 11.0. The molecule has 3 rings (SSSR count). The molecule has 2 N–H and O–H groups in total. The van der Waals surface area contributed by atoms with Crippen molar-refractivity contribution < 1.29 is 31.7 Å². The summed E-state index contributed by atoms with van der Waals surface area (Å²) in [5.41, 5.74) is -0.297. The van der Waals surface area contributed by atoms with Crippen LogP contribution in [0.5, 0.6) is 0 Å². The number of aromatic nitrogens is 1. The summed E-state index contributed by atoms with van der Waals surface area (Å²) in [6, 6.07) is 3.52. The Morgan fingerprint density at radius 1 is 1.21 bits per heavy atom. The molecule has 10 nitrogen and oxygen atoms in total. The van der Waals surface area contributed by atoms with E-state index < -0.39 is 39.4 Å². The van der Waals surface area contributed by atoms with Gasteiger partial charge in [-0.05, 0) is 65.7 Å². The van der Waals surface area contributed by atoms with E-state index in [0.29, 0.717) is 12.8 Å². The van der Waals surface area contributed by atoms with Crippen LogP contribution in [0.15, 0.2) is 27.6 Å². The fourth-order valence-corrected chi connectivity index (χ4v) is 5.54. The minimum absolute atomic E-state index is 0.00235. The van der Waals surface area contributed by atoms with E-state index in [4.69, 9.17) is 9.26 Å². The number of nitrogens with one attached hydrogen (secondary N) is 2. The third-order valence-electron chi connectivity index (χ3n) is 5.20.